The summed E-state index contributed by atoms with van der Waals surface area (Å²) in [5, 5.41) is 0. The van der Waals surface area contributed by atoms with Crippen LogP contribution < -0.4 is 18.3 Å². The molecule has 524 valence electrons. The van der Waals surface area contributed by atoms with E-state index in [1.54, 1.807) is 49.9 Å². The molecule has 0 atom stereocenters. The molecule has 0 fully saturated rings. The van der Waals surface area contributed by atoms with Gasteiger partial charge in [0.15, 0.2) is 24.8 Å². The first-order chi connectivity index (χ1) is 52.7. The smallest absolute Gasteiger partial charge is 0.201 e. The molecule has 12 aromatic rings. The van der Waals surface area contributed by atoms with Crippen molar-refractivity contribution in [1.29, 1.82) is 0 Å². The van der Waals surface area contributed by atoms with Gasteiger partial charge in [0.2, 0.25) is 22.8 Å². The van der Waals surface area contributed by atoms with E-state index >= 15 is 0 Å². The minimum atomic E-state index is -2.35. The van der Waals surface area contributed by atoms with Gasteiger partial charge >= 0.3 is 0 Å². The van der Waals surface area contributed by atoms with E-state index in [0.717, 1.165) is 61.5 Å². The fourth-order valence-electron chi connectivity index (χ4n) is 14.3. The van der Waals surface area contributed by atoms with Crippen molar-refractivity contribution in [3.63, 3.8) is 0 Å². The number of aryl methyl sites for hydroxylation is 15. The number of rotatable bonds is 13. The van der Waals surface area contributed by atoms with E-state index in [2.05, 4.69) is 215 Å². The zero-order valence-corrected chi connectivity index (χ0v) is 64.8. The van der Waals surface area contributed by atoms with E-state index in [0.29, 0.717) is 34.4 Å². The van der Waals surface area contributed by atoms with Crippen molar-refractivity contribution < 1.29 is 33.3 Å². The highest BCUT2D eigenvalue weighted by atomic mass is 14.9. The normalized spacial score (nSPS) is 13.4. The summed E-state index contributed by atoms with van der Waals surface area (Å²) >= 11 is 0. The minimum absolute atomic E-state index is 0.142. The summed E-state index contributed by atoms with van der Waals surface area (Å²) in [5.74, 6) is -0.236. The fourth-order valence-corrected chi connectivity index (χ4v) is 14.3. The van der Waals surface area contributed by atoms with Gasteiger partial charge in [0.25, 0.3) is 0 Å². The molecule has 0 amide bonds. The summed E-state index contributed by atoms with van der Waals surface area (Å²) in [7, 11) is 8.06. The fraction of sp³-hybridized carbons (Fsp3) is 0.306. The lowest BCUT2D eigenvalue weighted by Gasteiger charge is -2.17. The lowest BCUT2D eigenvalue weighted by Crippen LogP contribution is -2.32. The van der Waals surface area contributed by atoms with E-state index in [1.165, 1.54) is 89.3 Å². The molecular weight excluding hydrogens is 1230 g/mol. The van der Waals surface area contributed by atoms with Crippen molar-refractivity contribution in [2.75, 3.05) is 0 Å². The number of aromatic nitrogens is 4. The van der Waals surface area contributed by atoms with Gasteiger partial charge in [-0.05, 0) is 241 Å². The van der Waals surface area contributed by atoms with Crippen LogP contribution in [0.15, 0.2) is 219 Å². The topological polar surface area (TPSA) is 15.5 Å². The van der Waals surface area contributed by atoms with Crippen LogP contribution in [0.5, 0.6) is 0 Å². The maximum atomic E-state index is 8.54. The molecule has 0 saturated heterocycles. The van der Waals surface area contributed by atoms with Gasteiger partial charge in [-0.15, -0.1) is 0 Å². The molecule has 0 radical (unpaired) electrons. The van der Waals surface area contributed by atoms with Crippen molar-refractivity contribution in [2.24, 2.45) is 28.2 Å². The minimum Gasteiger partial charge on any atom is -0.201 e. The molecule has 0 aliphatic carbocycles. The lowest BCUT2D eigenvalue weighted by atomic mass is 9.88. The molecule has 4 heteroatoms. The van der Waals surface area contributed by atoms with E-state index < -0.39 is 32.3 Å². The maximum Gasteiger partial charge on any atom is 0.212 e. The average Bonchev–Trinajstić information content (AvgIpc) is 0.761. The van der Waals surface area contributed by atoms with Gasteiger partial charge in [0.05, 0.1) is 0 Å². The number of pyridine rings is 4. The number of hydrogen-bond acceptors (Lipinski definition) is 0. The monoisotopic (exact) mass is 1360 g/mol. The Labute approximate surface area is 630 Å². The highest BCUT2D eigenvalue weighted by molar-refractivity contribution is 5.80. The first kappa shape index (κ1) is 62.2. The van der Waals surface area contributed by atoms with Gasteiger partial charge < -0.3 is 0 Å². The molecular formula is C98H116N4+4. The Morgan fingerprint density at radius 1 is 0.235 bits per heavy atom. The molecule has 0 bridgehead atoms. The molecule has 0 N–H and O–H groups in total. The van der Waals surface area contributed by atoms with Crippen LogP contribution in [0.1, 0.15) is 203 Å². The van der Waals surface area contributed by atoms with Gasteiger partial charge in [0.1, 0.15) is 28.2 Å². The van der Waals surface area contributed by atoms with Crippen molar-refractivity contribution >= 4 is 0 Å². The highest BCUT2D eigenvalue weighted by Gasteiger charge is 2.25. The van der Waals surface area contributed by atoms with Crippen LogP contribution in [-0.4, -0.2) is 0 Å². The molecule has 0 unspecified atom stereocenters. The van der Waals surface area contributed by atoms with Crippen LogP contribution in [0.25, 0.3) is 89.5 Å². The molecule has 0 saturated carbocycles. The van der Waals surface area contributed by atoms with Crippen molar-refractivity contribution in [1.82, 2.24) is 0 Å². The van der Waals surface area contributed by atoms with Gasteiger partial charge in [-0.25, -0.2) is 18.3 Å². The Morgan fingerprint density at radius 3 is 0.824 bits per heavy atom. The van der Waals surface area contributed by atoms with Gasteiger partial charge in [-0.1, -0.05) is 215 Å². The second kappa shape index (κ2) is 33.4. The molecule has 12 rings (SSSR count). The second-order valence-electron chi connectivity index (χ2n) is 29.4. The van der Waals surface area contributed by atoms with Gasteiger partial charge in [0, 0.05) is 83.9 Å². The standard InChI is InChI=1S/C26H32N.3C24H28N/c1-17(2)22-15-26(27(7)16-25(22)18(3)4)24-14-23(19(5)13-20(24)6)21-11-9-8-10-12-21;2*1-16(2)21-14-24(25(6)15-19(21)5)23-13-22(17(3)12-18(23)4)20-10-8-7-9-11-20;1-16(2)23-15-25(6)24(13-19(23)5)22-14-21(17(3)12-18(22)4)20-10-8-7-9-11-20/h8-18H,1-7H3;3*7-16H,1-6H3/q4*+1/i;3D3,5D3,16D;;3D3,16D. The summed E-state index contributed by atoms with van der Waals surface area (Å²) < 4.78 is 97.2. The van der Waals surface area contributed by atoms with E-state index in [-0.39, 0.29) is 11.1 Å². The highest BCUT2D eigenvalue weighted by Crippen LogP contribution is 2.38. The zero-order chi connectivity index (χ0) is 83.5. The SMILES string of the molecule is Cc1cc(C)c(-c2cc(C(C)C)c(C(C)C)c[n+]2C)cc1-c1ccccc1.Cc1cc(C)c(-c2cc(C(C)C)c(C)c[n+]2C)cc1-c1ccccc1.[2H]C([2H])([2H])c1cc(C)c(-c2cc(C([2H])(C)C)c(C([2H])([2H])[2H])c[n+]2C)cc1-c1ccccc1.[2H]C([2H])([2H])c1cc(C)c(-c2cc(C)c(C([2H])(C)C)c[n+]2C)cc1-c1ccccc1. The first-order valence-corrected chi connectivity index (χ1v) is 36.0. The molecule has 102 heavy (non-hydrogen) atoms. The number of benzene rings is 8. The third kappa shape index (κ3) is 17.6. The Kier molecular flexibility index (Phi) is 20.4. The quantitative estimate of drug-likeness (QED) is 0.102. The largest absolute Gasteiger partial charge is 0.212 e. The van der Waals surface area contributed by atoms with Crippen LogP contribution in [-0.2, 0) is 28.2 Å². The van der Waals surface area contributed by atoms with Gasteiger partial charge in [-0.3, -0.25) is 0 Å². The molecule has 0 aliphatic heterocycles. The third-order valence-corrected chi connectivity index (χ3v) is 19.9. The van der Waals surface area contributed by atoms with Crippen molar-refractivity contribution in [3.8, 4) is 89.5 Å². The van der Waals surface area contributed by atoms with Crippen LogP contribution in [0, 0.1) is 75.9 Å². The summed E-state index contributed by atoms with van der Waals surface area (Å²) in [6.07, 6.45) is 8.16. The molecule has 4 aromatic heterocycles. The third-order valence-electron chi connectivity index (χ3n) is 19.9. The first-order valence-electron chi connectivity index (χ1n) is 41.5. The summed E-state index contributed by atoms with van der Waals surface area (Å²) in [6, 6.07) is 65.7. The van der Waals surface area contributed by atoms with Crippen molar-refractivity contribution in [3.05, 3.63) is 308 Å². The van der Waals surface area contributed by atoms with E-state index in [1.807, 2.05) is 125 Å². The summed E-state index contributed by atoms with van der Waals surface area (Å²) in [4.78, 5) is 0. The average molecular weight is 1360 g/mol. The zero-order valence-electron chi connectivity index (χ0n) is 75.8. The summed E-state index contributed by atoms with van der Waals surface area (Å²) in [5.41, 5.74) is 32.8. The van der Waals surface area contributed by atoms with Gasteiger partial charge in [-0.2, -0.15) is 0 Å². The predicted octanol–water partition coefficient (Wildman–Crippen LogP) is 24.4. The Morgan fingerprint density at radius 2 is 0.500 bits per heavy atom. The molecule has 8 aromatic carbocycles. The Balaban J connectivity index is 0.000000173. The molecule has 4 heterocycles. The van der Waals surface area contributed by atoms with Crippen LogP contribution >= 0.6 is 0 Å². The van der Waals surface area contributed by atoms with E-state index in [4.69, 9.17) is 15.1 Å². The number of nitrogens with zero attached hydrogens (tertiary/aromatic N) is 4. The van der Waals surface area contributed by atoms with Crippen LogP contribution in [0.3, 0.4) is 0 Å². The lowest BCUT2D eigenvalue weighted by molar-refractivity contribution is -0.661. The van der Waals surface area contributed by atoms with Crippen molar-refractivity contribution in [2.45, 2.75) is 175 Å². The maximum absolute atomic E-state index is 8.54. The predicted molar refractivity (Wildman–Crippen MR) is 437 cm³/mol. The Bertz CT molecular complexity index is 5390. The molecule has 0 aliphatic rings. The van der Waals surface area contributed by atoms with E-state index in [9.17, 15) is 0 Å². The van der Waals surface area contributed by atoms with Crippen LogP contribution in [0.2, 0.25) is 0 Å². The molecule has 4 nitrogen and oxygen atoms in total. The Hall–Kier alpha value is -9.64. The summed E-state index contributed by atoms with van der Waals surface area (Å²) in [6.45, 7) is 30.9. The van der Waals surface area contributed by atoms with Crippen LogP contribution in [0.4, 0.5) is 0 Å². The molecule has 0 spiro atoms. The second-order valence-corrected chi connectivity index (χ2v) is 29.4. The number of hydrogen-bond donors (Lipinski definition) is 0.